The van der Waals surface area contributed by atoms with E-state index in [1.54, 1.807) is 0 Å². The van der Waals surface area contributed by atoms with E-state index in [0.717, 1.165) is 41.5 Å². The lowest BCUT2D eigenvalue weighted by Gasteiger charge is -2.35. The third-order valence-electron chi connectivity index (χ3n) is 4.84. The highest BCUT2D eigenvalue weighted by atomic mass is 19.3. The Kier molecular flexibility index (Phi) is 6.04. The minimum Gasteiger partial charge on any atom is -0.377 e. The van der Waals surface area contributed by atoms with Crippen molar-refractivity contribution in [3.05, 3.63) is 101 Å². The number of halogens is 5. The number of aliphatic hydroxyl groups is 1. The van der Waals surface area contributed by atoms with Crippen molar-refractivity contribution in [1.29, 1.82) is 0 Å². The summed E-state index contributed by atoms with van der Waals surface area (Å²) in [5, 5.41) is 21.2. The number of pyridine rings is 2. The van der Waals surface area contributed by atoms with Gasteiger partial charge in [0.05, 0.1) is 6.54 Å². The molecule has 172 valence electrons. The van der Waals surface area contributed by atoms with Gasteiger partial charge in [-0.15, -0.1) is 5.10 Å². The van der Waals surface area contributed by atoms with Crippen LogP contribution in [0, 0.1) is 29.4 Å². The average Bonchev–Trinajstić information content (AvgIpc) is 3.31. The second-order valence-electron chi connectivity index (χ2n) is 7.12. The molecule has 1 atom stereocenters. The Labute approximate surface area is 188 Å². The number of aromatic nitrogens is 6. The van der Waals surface area contributed by atoms with Gasteiger partial charge >= 0.3 is 5.92 Å². The fourth-order valence-electron chi connectivity index (χ4n) is 3.13. The van der Waals surface area contributed by atoms with E-state index in [-0.39, 0.29) is 5.56 Å². The van der Waals surface area contributed by atoms with Gasteiger partial charge in [0.2, 0.25) is 5.95 Å². The summed E-state index contributed by atoms with van der Waals surface area (Å²) in [6.45, 7) is -0.962. The maximum Gasteiger partial charge on any atom is 0.323 e. The number of hydrogen-bond acceptors (Lipinski definition) is 6. The maximum atomic E-state index is 15.6. The fourth-order valence-corrected chi connectivity index (χ4v) is 3.13. The summed E-state index contributed by atoms with van der Waals surface area (Å²) >= 11 is 0. The third-order valence-corrected chi connectivity index (χ3v) is 4.84. The lowest BCUT2D eigenvalue weighted by molar-refractivity contribution is -0.207. The zero-order valence-corrected chi connectivity index (χ0v) is 17.0. The lowest BCUT2D eigenvalue weighted by atomic mass is 9.84. The molecule has 0 spiro atoms. The summed E-state index contributed by atoms with van der Waals surface area (Å²) in [4.78, 5) is 7.15. The van der Waals surface area contributed by atoms with Crippen molar-refractivity contribution in [3.8, 4) is 11.8 Å². The van der Waals surface area contributed by atoms with Crippen LogP contribution in [0.5, 0.6) is 0 Å². The van der Waals surface area contributed by atoms with Crippen LogP contribution in [-0.2, 0) is 18.1 Å². The number of nitrogens with zero attached hydrogens (tertiary/aromatic N) is 6. The Balaban J connectivity index is 1.71. The molecule has 4 aromatic rings. The van der Waals surface area contributed by atoms with Gasteiger partial charge in [0.1, 0.15) is 23.7 Å². The standard InChI is InChI=1S/C22H13F5N6O/c23-16-5-6-17(18(24)9-16)21(34,12-33-13-30-31-32-33)22(26,27)19-7-3-14(10-28-19)1-2-15-4-8-20(25)29-11-15/h3-11,13,34H,12H2. The van der Waals surface area contributed by atoms with Gasteiger partial charge in [0.25, 0.3) is 0 Å². The molecule has 0 radical (unpaired) electrons. The molecule has 0 amide bonds. The van der Waals surface area contributed by atoms with E-state index in [1.807, 2.05) is 0 Å². The Morgan fingerprint density at radius 2 is 1.62 bits per heavy atom. The van der Waals surface area contributed by atoms with Gasteiger partial charge in [-0.05, 0) is 46.8 Å². The molecule has 3 heterocycles. The highest BCUT2D eigenvalue weighted by Crippen LogP contribution is 2.46. The first-order chi connectivity index (χ1) is 16.2. The predicted octanol–water partition coefficient (Wildman–Crippen LogP) is 2.96. The molecule has 0 fully saturated rings. The van der Waals surface area contributed by atoms with Crippen LogP contribution < -0.4 is 0 Å². The first-order valence-corrected chi connectivity index (χ1v) is 9.56. The maximum absolute atomic E-state index is 15.6. The van der Waals surface area contributed by atoms with Crippen molar-refractivity contribution >= 4 is 0 Å². The Bertz CT molecular complexity index is 1350. The van der Waals surface area contributed by atoms with Gasteiger partial charge in [-0.25, -0.2) is 18.4 Å². The van der Waals surface area contributed by atoms with Gasteiger partial charge in [0.15, 0.2) is 5.60 Å². The van der Waals surface area contributed by atoms with Crippen LogP contribution in [0.25, 0.3) is 0 Å². The largest absolute Gasteiger partial charge is 0.377 e. The van der Waals surface area contributed by atoms with Crippen LogP contribution in [0.3, 0.4) is 0 Å². The molecule has 4 rings (SSSR count). The molecule has 0 aliphatic carbocycles. The van der Waals surface area contributed by atoms with Crippen LogP contribution in [0.2, 0.25) is 0 Å². The second kappa shape index (κ2) is 8.95. The van der Waals surface area contributed by atoms with Crippen LogP contribution in [0.1, 0.15) is 22.4 Å². The zero-order valence-electron chi connectivity index (χ0n) is 17.0. The highest BCUT2D eigenvalue weighted by Gasteiger charge is 2.57. The first-order valence-electron chi connectivity index (χ1n) is 9.56. The summed E-state index contributed by atoms with van der Waals surface area (Å²) in [5.41, 5.74) is -4.39. The van der Waals surface area contributed by atoms with Gasteiger partial charge in [-0.2, -0.15) is 13.2 Å². The number of rotatable bonds is 5. The summed E-state index contributed by atoms with van der Waals surface area (Å²) in [6, 6.07) is 6.49. The number of hydrogen-bond donors (Lipinski definition) is 1. The molecular weight excluding hydrogens is 459 g/mol. The van der Waals surface area contributed by atoms with Crippen molar-refractivity contribution in [2.75, 3.05) is 0 Å². The molecule has 0 saturated heterocycles. The molecule has 0 aliphatic rings. The van der Waals surface area contributed by atoms with Crippen molar-refractivity contribution in [2.45, 2.75) is 18.1 Å². The molecule has 1 unspecified atom stereocenters. The van der Waals surface area contributed by atoms with E-state index >= 15 is 8.78 Å². The molecule has 3 aromatic heterocycles. The van der Waals surface area contributed by atoms with E-state index in [1.165, 1.54) is 18.3 Å². The lowest BCUT2D eigenvalue weighted by Crippen LogP contribution is -2.48. The van der Waals surface area contributed by atoms with Crippen LogP contribution >= 0.6 is 0 Å². The summed E-state index contributed by atoms with van der Waals surface area (Å²) in [7, 11) is 0. The Morgan fingerprint density at radius 1 is 0.912 bits per heavy atom. The van der Waals surface area contributed by atoms with Crippen LogP contribution in [-0.4, -0.2) is 35.3 Å². The molecule has 1 aromatic carbocycles. The van der Waals surface area contributed by atoms with E-state index in [0.29, 0.717) is 11.6 Å². The second-order valence-corrected chi connectivity index (χ2v) is 7.12. The topological polar surface area (TPSA) is 89.6 Å². The zero-order chi connectivity index (χ0) is 24.3. The summed E-state index contributed by atoms with van der Waals surface area (Å²) in [6.07, 6.45) is 3.19. The first kappa shape index (κ1) is 22.9. The molecule has 0 bridgehead atoms. The van der Waals surface area contributed by atoms with E-state index in [9.17, 15) is 18.3 Å². The van der Waals surface area contributed by atoms with Gasteiger partial charge < -0.3 is 5.11 Å². The van der Waals surface area contributed by atoms with Crippen LogP contribution in [0.4, 0.5) is 22.0 Å². The fraction of sp³-hybridized carbons (Fsp3) is 0.136. The SMILES string of the molecule is OC(Cn1cnnn1)(c1ccc(F)cc1F)C(F)(F)c1ccc(C#Cc2ccc(F)nc2)cn1. The molecular formula is C22H13F5N6O. The minimum absolute atomic E-state index is 0.237. The minimum atomic E-state index is -4.18. The smallest absolute Gasteiger partial charge is 0.323 e. The van der Waals surface area contributed by atoms with E-state index in [4.69, 9.17) is 0 Å². The van der Waals surface area contributed by atoms with Gasteiger partial charge in [-0.1, -0.05) is 11.8 Å². The van der Waals surface area contributed by atoms with Crippen molar-refractivity contribution < 1.29 is 27.1 Å². The van der Waals surface area contributed by atoms with E-state index < -0.39 is 46.9 Å². The monoisotopic (exact) mass is 472 g/mol. The molecule has 0 aliphatic heterocycles. The van der Waals surface area contributed by atoms with Crippen LogP contribution in [0.15, 0.2) is 61.2 Å². The number of benzene rings is 1. The normalized spacial score (nSPS) is 13.1. The molecule has 1 N–H and O–H groups in total. The molecule has 0 saturated carbocycles. The third kappa shape index (κ3) is 4.46. The van der Waals surface area contributed by atoms with Crippen molar-refractivity contribution in [1.82, 2.24) is 30.2 Å². The van der Waals surface area contributed by atoms with Crippen molar-refractivity contribution in [3.63, 3.8) is 0 Å². The van der Waals surface area contributed by atoms with Gasteiger partial charge in [-0.3, -0.25) is 4.98 Å². The Hall–Kier alpha value is -4.24. The summed E-state index contributed by atoms with van der Waals surface area (Å²) < 4.78 is 72.9. The van der Waals surface area contributed by atoms with Crippen molar-refractivity contribution in [2.24, 2.45) is 0 Å². The molecule has 12 heteroatoms. The quantitative estimate of drug-likeness (QED) is 0.273. The average molecular weight is 472 g/mol. The highest BCUT2D eigenvalue weighted by molar-refractivity contribution is 5.41. The van der Waals surface area contributed by atoms with E-state index in [2.05, 4.69) is 37.3 Å². The summed E-state index contributed by atoms with van der Waals surface area (Å²) in [5.74, 6) is -1.90. The number of tetrazole rings is 1. The van der Waals surface area contributed by atoms with Gasteiger partial charge in [0, 0.05) is 35.2 Å². The number of alkyl halides is 2. The molecule has 34 heavy (non-hydrogen) atoms. The Morgan fingerprint density at radius 3 is 2.18 bits per heavy atom. The molecule has 7 nitrogen and oxygen atoms in total. The predicted molar refractivity (Wildman–Crippen MR) is 106 cm³/mol.